The fourth-order valence-corrected chi connectivity index (χ4v) is 1.19. The third-order valence-corrected chi connectivity index (χ3v) is 2.42. The van der Waals surface area contributed by atoms with E-state index < -0.39 is 30.7 Å². The van der Waals surface area contributed by atoms with E-state index >= 15 is 0 Å². The van der Waals surface area contributed by atoms with Crippen molar-refractivity contribution in [3.63, 3.8) is 0 Å². The first kappa shape index (κ1) is 14.2. The van der Waals surface area contributed by atoms with Crippen LogP contribution < -0.4 is 0 Å². The second kappa shape index (κ2) is 5.34. The lowest BCUT2D eigenvalue weighted by Gasteiger charge is -2.28. The number of hydrogen-bond acceptors (Lipinski definition) is 3. The van der Waals surface area contributed by atoms with Crippen LogP contribution in [0, 0.1) is 5.92 Å². The summed E-state index contributed by atoms with van der Waals surface area (Å²) in [4.78, 5) is 12.2. The Kier molecular flexibility index (Phi) is 5.07. The van der Waals surface area contributed by atoms with Gasteiger partial charge in [0.15, 0.2) is 0 Å². The molecule has 0 aliphatic carbocycles. The maximum Gasteiger partial charge on any atom is 0.401 e. The minimum absolute atomic E-state index is 0.503. The van der Waals surface area contributed by atoms with Crippen molar-refractivity contribution in [2.75, 3.05) is 20.7 Å². The molecule has 0 rings (SSSR count). The molecule has 0 aliphatic rings. The van der Waals surface area contributed by atoms with E-state index in [-0.39, 0.29) is 0 Å². The zero-order chi connectivity index (χ0) is 12.2. The van der Waals surface area contributed by atoms with Gasteiger partial charge in [-0.15, -0.1) is 0 Å². The quantitative estimate of drug-likeness (QED) is 0.684. The molecule has 15 heavy (non-hydrogen) atoms. The highest BCUT2D eigenvalue weighted by atomic mass is 19.4. The molecule has 0 radical (unpaired) electrons. The Morgan fingerprint density at radius 2 is 1.87 bits per heavy atom. The molecule has 90 valence electrons. The highest BCUT2D eigenvalue weighted by molar-refractivity contribution is 5.72. The number of esters is 1. The molecule has 6 heteroatoms. The third-order valence-electron chi connectivity index (χ3n) is 2.42. The van der Waals surface area contributed by atoms with Gasteiger partial charge in [-0.2, -0.15) is 13.2 Å². The van der Waals surface area contributed by atoms with Crippen molar-refractivity contribution >= 4 is 5.97 Å². The van der Waals surface area contributed by atoms with Crippen LogP contribution in [0.2, 0.25) is 0 Å². The van der Waals surface area contributed by atoms with Gasteiger partial charge in [-0.1, -0.05) is 6.92 Å². The summed E-state index contributed by atoms with van der Waals surface area (Å²) in [5, 5.41) is 0. The molecule has 0 aliphatic heterocycles. The van der Waals surface area contributed by atoms with Gasteiger partial charge in [0, 0.05) is 6.04 Å². The number of carbonyl (C=O) groups is 1. The minimum Gasteiger partial charge on any atom is -0.469 e. The van der Waals surface area contributed by atoms with Crippen molar-refractivity contribution in [1.29, 1.82) is 0 Å². The van der Waals surface area contributed by atoms with Crippen LogP contribution >= 0.6 is 0 Å². The van der Waals surface area contributed by atoms with Crippen molar-refractivity contribution in [2.45, 2.75) is 26.1 Å². The summed E-state index contributed by atoms with van der Waals surface area (Å²) in [7, 11) is 2.55. The molecule has 2 unspecified atom stereocenters. The van der Waals surface area contributed by atoms with Crippen LogP contribution in [-0.2, 0) is 9.53 Å². The van der Waals surface area contributed by atoms with E-state index in [0.717, 1.165) is 4.90 Å². The number of ether oxygens (including phenoxy) is 1. The molecule has 2 atom stereocenters. The average Bonchev–Trinajstić information content (AvgIpc) is 2.11. The number of methoxy groups -OCH3 is 1. The Morgan fingerprint density at radius 1 is 1.40 bits per heavy atom. The maximum absolute atomic E-state index is 12.1. The van der Waals surface area contributed by atoms with Gasteiger partial charge in [-0.3, -0.25) is 9.69 Å². The monoisotopic (exact) mass is 227 g/mol. The number of carbonyl (C=O) groups excluding carboxylic acids is 1. The van der Waals surface area contributed by atoms with Crippen LogP contribution in [0.4, 0.5) is 13.2 Å². The smallest absolute Gasteiger partial charge is 0.401 e. The van der Waals surface area contributed by atoms with Crippen LogP contribution in [0.5, 0.6) is 0 Å². The molecular weight excluding hydrogens is 211 g/mol. The van der Waals surface area contributed by atoms with Crippen molar-refractivity contribution in [1.82, 2.24) is 4.90 Å². The number of hydrogen-bond donors (Lipinski definition) is 0. The molecule has 0 fully saturated rings. The SMILES string of the molecule is COC(=O)C(C)C(C)N(C)CC(F)(F)F. The van der Waals surface area contributed by atoms with Gasteiger partial charge in [0.2, 0.25) is 0 Å². The number of alkyl halides is 3. The zero-order valence-corrected chi connectivity index (χ0v) is 9.26. The largest absolute Gasteiger partial charge is 0.469 e. The molecule has 0 spiro atoms. The summed E-state index contributed by atoms with van der Waals surface area (Å²) in [5.41, 5.74) is 0. The molecule has 0 saturated heterocycles. The average molecular weight is 227 g/mol. The number of halogens is 3. The van der Waals surface area contributed by atoms with Gasteiger partial charge < -0.3 is 4.74 Å². The lowest BCUT2D eigenvalue weighted by Crippen LogP contribution is -2.43. The van der Waals surface area contributed by atoms with Gasteiger partial charge in [-0.25, -0.2) is 0 Å². The molecule has 0 aromatic carbocycles. The second-order valence-electron chi connectivity index (χ2n) is 3.58. The standard InChI is InChI=1S/C9H16F3NO2/c1-6(8(14)15-4)7(2)13(3)5-9(10,11)12/h6-7H,5H2,1-4H3. The Bertz CT molecular complexity index is 218. The van der Waals surface area contributed by atoms with Gasteiger partial charge >= 0.3 is 12.1 Å². The molecule has 0 aromatic rings. The maximum atomic E-state index is 12.1. The predicted octanol–water partition coefficient (Wildman–Crippen LogP) is 1.68. The fraction of sp³-hybridized carbons (Fsp3) is 0.889. The van der Waals surface area contributed by atoms with Gasteiger partial charge in [-0.05, 0) is 14.0 Å². The van der Waals surface area contributed by atoms with E-state index in [4.69, 9.17) is 0 Å². The number of rotatable bonds is 4. The van der Waals surface area contributed by atoms with E-state index in [9.17, 15) is 18.0 Å². The lowest BCUT2D eigenvalue weighted by atomic mass is 10.0. The van der Waals surface area contributed by atoms with Crippen LogP contribution in [0.25, 0.3) is 0 Å². The van der Waals surface area contributed by atoms with E-state index in [1.807, 2.05) is 0 Å². The van der Waals surface area contributed by atoms with Crippen molar-refractivity contribution in [3.05, 3.63) is 0 Å². The molecular formula is C9H16F3NO2. The second-order valence-corrected chi connectivity index (χ2v) is 3.58. The third kappa shape index (κ3) is 5.01. The fourth-order valence-electron chi connectivity index (χ4n) is 1.19. The van der Waals surface area contributed by atoms with Crippen molar-refractivity contribution in [3.8, 4) is 0 Å². The van der Waals surface area contributed by atoms with Crippen LogP contribution in [0.1, 0.15) is 13.8 Å². The highest BCUT2D eigenvalue weighted by Crippen LogP contribution is 2.19. The summed E-state index contributed by atoms with van der Waals surface area (Å²) in [6.07, 6.45) is -4.25. The van der Waals surface area contributed by atoms with Crippen LogP contribution in [-0.4, -0.2) is 43.8 Å². The summed E-state index contributed by atoms with van der Waals surface area (Å²) in [5.74, 6) is -1.08. The number of nitrogens with zero attached hydrogens (tertiary/aromatic N) is 1. The van der Waals surface area contributed by atoms with E-state index in [0.29, 0.717) is 0 Å². The molecule has 0 bridgehead atoms. The molecule has 0 heterocycles. The van der Waals surface area contributed by atoms with Crippen LogP contribution in [0.15, 0.2) is 0 Å². The summed E-state index contributed by atoms with van der Waals surface area (Å²) >= 11 is 0. The van der Waals surface area contributed by atoms with Gasteiger partial charge in [0.1, 0.15) is 0 Å². The summed E-state index contributed by atoms with van der Waals surface area (Å²) < 4.78 is 40.6. The zero-order valence-electron chi connectivity index (χ0n) is 9.26. The Balaban J connectivity index is 4.31. The first-order chi connectivity index (χ1) is 6.69. The van der Waals surface area contributed by atoms with Crippen molar-refractivity contribution in [2.24, 2.45) is 5.92 Å². The Hall–Kier alpha value is -0.780. The summed E-state index contributed by atoms with van der Waals surface area (Å²) in [6.45, 7) is 2.08. The van der Waals surface area contributed by atoms with Gasteiger partial charge in [0.25, 0.3) is 0 Å². The summed E-state index contributed by atoms with van der Waals surface area (Å²) in [6, 6.07) is -0.515. The van der Waals surface area contributed by atoms with E-state index in [1.54, 1.807) is 13.8 Å². The van der Waals surface area contributed by atoms with Gasteiger partial charge in [0.05, 0.1) is 19.6 Å². The Labute approximate surface area is 87.2 Å². The van der Waals surface area contributed by atoms with Crippen molar-refractivity contribution < 1.29 is 22.7 Å². The van der Waals surface area contributed by atoms with Crippen LogP contribution in [0.3, 0.4) is 0 Å². The first-order valence-electron chi connectivity index (χ1n) is 4.54. The molecule has 0 saturated carbocycles. The molecule has 0 N–H and O–H groups in total. The molecule has 0 amide bonds. The molecule has 0 aromatic heterocycles. The molecule has 3 nitrogen and oxygen atoms in total. The topological polar surface area (TPSA) is 29.5 Å². The lowest BCUT2D eigenvalue weighted by molar-refractivity contribution is -0.157. The predicted molar refractivity (Wildman–Crippen MR) is 49.3 cm³/mol. The van der Waals surface area contributed by atoms with E-state index in [1.165, 1.54) is 14.2 Å². The first-order valence-corrected chi connectivity index (χ1v) is 4.54. The Morgan fingerprint density at radius 3 is 2.20 bits per heavy atom. The minimum atomic E-state index is -4.25. The highest BCUT2D eigenvalue weighted by Gasteiger charge is 2.33. The van der Waals surface area contributed by atoms with E-state index in [2.05, 4.69) is 4.74 Å². The normalized spacial score (nSPS) is 16.3.